The molecule has 4 heteroatoms. The molecule has 2 aliphatic carbocycles. The predicted octanol–water partition coefficient (Wildman–Crippen LogP) is 12.5. The highest BCUT2D eigenvalue weighted by Gasteiger charge is 2.49. The van der Waals surface area contributed by atoms with Gasteiger partial charge in [-0.2, -0.15) is 0 Å². The fourth-order valence-corrected chi connectivity index (χ4v) is 10.7. The smallest absolute Gasteiger partial charge is 0.137 e. The van der Waals surface area contributed by atoms with Gasteiger partial charge >= 0.3 is 0 Å². The Balaban J connectivity index is 1.15. The second-order valence-corrected chi connectivity index (χ2v) is 15.2. The highest BCUT2D eigenvalue weighted by atomic mass is 32.1. The molecular formula is C49H29N3S. The van der Waals surface area contributed by atoms with Crippen LogP contribution in [-0.4, -0.2) is 14.5 Å². The van der Waals surface area contributed by atoms with Gasteiger partial charge in [-0.1, -0.05) is 115 Å². The fraction of sp³-hybridized carbons (Fsp3) is 0.0204. The molecule has 2 aliphatic rings. The average molecular weight is 692 g/mol. The first-order valence-corrected chi connectivity index (χ1v) is 18.9. The van der Waals surface area contributed by atoms with E-state index in [4.69, 9.17) is 4.98 Å². The SMILES string of the molecule is C1=Cc2ccc(-c3ccc4c(c3)c3ccncc3n4-c3ccccn3)cc2C2(c3ccccc31)c1ccccc1-c1c2ccc2c1sc1ccccc12. The lowest BCUT2D eigenvalue weighted by atomic mass is 9.65. The lowest BCUT2D eigenvalue weighted by molar-refractivity contribution is 0.767. The summed E-state index contributed by atoms with van der Waals surface area (Å²) < 4.78 is 4.91. The van der Waals surface area contributed by atoms with E-state index in [0.717, 1.165) is 22.2 Å². The predicted molar refractivity (Wildman–Crippen MR) is 221 cm³/mol. The van der Waals surface area contributed by atoms with Crippen LogP contribution >= 0.6 is 11.3 Å². The lowest BCUT2D eigenvalue weighted by Gasteiger charge is -2.35. The Morgan fingerprint density at radius 1 is 0.509 bits per heavy atom. The molecule has 4 heterocycles. The van der Waals surface area contributed by atoms with Crippen molar-refractivity contribution in [3.63, 3.8) is 0 Å². The highest BCUT2D eigenvalue weighted by Crippen LogP contribution is 2.61. The van der Waals surface area contributed by atoms with Gasteiger partial charge in [-0.25, -0.2) is 4.98 Å². The van der Waals surface area contributed by atoms with Crippen LogP contribution in [-0.2, 0) is 5.41 Å². The van der Waals surface area contributed by atoms with Crippen LogP contribution in [0.25, 0.3) is 82.2 Å². The molecule has 3 nitrogen and oxygen atoms in total. The van der Waals surface area contributed by atoms with Gasteiger partial charge in [0.2, 0.25) is 0 Å². The molecule has 0 aliphatic heterocycles. The molecule has 1 spiro atoms. The van der Waals surface area contributed by atoms with Gasteiger partial charge < -0.3 is 0 Å². The quantitative estimate of drug-likeness (QED) is 0.181. The van der Waals surface area contributed by atoms with Crippen LogP contribution < -0.4 is 0 Å². The van der Waals surface area contributed by atoms with E-state index < -0.39 is 5.41 Å². The first kappa shape index (κ1) is 29.0. The van der Waals surface area contributed by atoms with Crippen molar-refractivity contribution in [1.82, 2.24) is 14.5 Å². The number of pyridine rings is 2. The summed E-state index contributed by atoms with van der Waals surface area (Å²) in [5, 5.41) is 5.01. The summed E-state index contributed by atoms with van der Waals surface area (Å²) in [5.74, 6) is 0.886. The Hall–Kier alpha value is -6.62. The van der Waals surface area contributed by atoms with Crippen molar-refractivity contribution < 1.29 is 0 Å². The Labute approximate surface area is 309 Å². The summed E-state index contributed by atoms with van der Waals surface area (Å²) in [6, 6.07) is 53.9. The Bertz CT molecular complexity index is 3180. The molecule has 6 aromatic carbocycles. The zero-order valence-electron chi connectivity index (χ0n) is 28.5. The molecule has 1 unspecified atom stereocenters. The molecule has 1 atom stereocenters. The van der Waals surface area contributed by atoms with Crippen molar-refractivity contribution >= 4 is 65.5 Å². The Morgan fingerprint density at radius 2 is 1.30 bits per heavy atom. The van der Waals surface area contributed by atoms with Crippen LogP contribution in [0.3, 0.4) is 0 Å². The maximum absolute atomic E-state index is 4.72. The third kappa shape index (κ3) is 3.83. The van der Waals surface area contributed by atoms with E-state index in [1.54, 1.807) is 0 Å². The molecule has 4 aromatic heterocycles. The Kier molecular flexibility index (Phi) is 5.86. The average Bonchev–Trinajstić information content (AvgIpc) is 3.83. The molecule has 53 heavy (non-hydrogen) atoms. The minimum absolute atomic E-state index is 0.507. The third-order valence-electron chi connectivity index (χ3n) is 11.6. The summed E-state index contributed by atoms with van der Waals surface area (Å²) in [7, 11) is 0. The first-order valence-electron chi connectivity index (χ1n) is 18.1. The molecule has 0 amide bonds. The normalized spacial score (nSPS) is 15.5. The number of aromatic nitrogens is 3. The van der Waals surface area contributed by atoms with Gasteiger partial charge in [0.15, 0.2) is 0 Å². The second kappa shape index (κ2) is 10.7. The van der Waals surface area contributed by atoms with Crippen LogP contribution in [0, 0.1) is 0 Å². The highest BCUT2D eigenvalue weighted by molar-refractivity contribution is 7.26. The minimum atomic E-state index is -0.507. The third-order valence-corrected chi connectivity index (χ3v) is 12.8. The maximum Gasteiger partial charge on any atom is 0.137 e. The summed E-state index contributed by atoms with van der Waals surface area (Å²) >= 11 is 1.92. The zero-order chi connectivity index (χ0) is 34.7. The number of nitrogens with zero attached hydrogens (tertiary/aromatic N) is 3. The van der Waals surface area contributed by atoms with Crippen molar-refractivity contribution in [2.45, 2.75) is 5.41 Å². The number of benzene rings is 6. The number of hydrogen-bond acceptors (Lipinski definition) is 3. The first-order chi connectivity index (χ1) is 26.3. The maximum atomic E-state index is 4.72. The summed E-state index contributed by atoms with van der Waals surface area (Å²) in [6.07, 6.45) is 10.3. The molecule has 0 radical (unpaired) electrons. The largest absolute Gasteiger partial charge is 0.292 e. The van der Waals surface area contributed by atoms with Gasteiger partial charge in [0.1, 0.15) is 5.82 Å². The topological polar surface area (TPSA) is 30.7 Å². The van der Waals surface area contributed by atoms with E-state index in [0.29, 0.717) is 0 Å². The van der Waals surface area contributed by atoms with E-state index in [-0.39, 0.29) is 0 Å². The van der Waals surface area contributed by atoms with E-state index >= 15 is 0 Å². The number of hydrogen-bond donors (Lipinski definition) is 0. The van der Waals surface area contributed by atoms with Crippen LogP contribution in [0.1, 0.15) is 33.4 Å². The van der Waals surface area contributed by atoms with Gasteiger partial charge in [0.25, 0.3) is 0 Å². The minimum Gasteiger partial charge on any atom is -0.292 e. The Morgan fingerprint density at radius 3 is 2.23 bits per heavy atom. The van der Waals surface area contributed by atoms with Gasteiger partial charge in [-0.05, 0) is 92.5 Å². The van der Waals surface area contributed by atoms with Crippen molar-refractivity contribution in [2.24, 2.45) is 0 Å². The van der Waals surface area contributed by atoms with E-state index in [2.05, 4.69) is 155 Å². The zero-order valence-corrected chi connectivity index (χ0v) is 29.3. The summed E-state index contributed by atoms with van der Waals surface area (Å²) in [6.45, 7) is 0. The summed E-state index contributed by atoms with van der Waals surface area (Å²) in [5.41, 5.74) is 14.5. The molecular weight excluding hydrogens is 663 g/mol. The van der Waals surface area contributed by atoms with Crippen LogP contribution in [0.5, 0.6) is 0 Å². The van der Waals surface area contributed by atoms with Crippen molar-refractivity contribution in [3.8, 4) is 28.1 Å². The van der Waals surface area contributed by atoms with Gasteiger partial charge in [0.05, 0.1) is 22.6 Å². The molecule has 0 N–H and O–H groups in total. The van der Waals surface area contributed by atoms with Crippen molar-refractivity contribution in [2.75, 3.05) is 0 Å². The molecule has 0 bridgehead atoms. The van der Waals surface area contributed by atoms with E-state index in [1.165, 1.54) is 81.2 Å². The molecule has 246 valence electrons. The van der Waals surface area contributed by atoms with Crippen molar-refractivity contribution in [1.29, 1.82) is 0 Å². The fourth-order valence-electron chi connectivity index (χ4n) is 9.42. The molecule has 12 rings (SSSR count). The van der Waals surface area contributed by atoms with Crippen LogP contribution in [0.2, 0.25) is 0 Å². The number of rotatable bonds is 2. The molecule has 0 saturated heterocycles. The number of fused-ring (bicyclic) bond motifs is 16. The monoisotopic (exact) mass is 691 g/mol. The molecule has 0 saturated carbocycles. The van der Waals surface area contributed by atoms with Gasteiger partial charge in [0, 0.05) is 48.9 Å². The van der Waals surface area contributed by atoms with Gasteiger partial charge in [-0.15, -0.1) is 11.3 Å². The van der Waals surface area contributed by atoms with E-state index in [1.807, 2.05) is 42.1 Å². The molecule has 10 aromatic rings. The van der Waals surface area contributed by atoms with Crippen LogP contribution in [0.4, 0.5) is 0 Å². The van der Waals surface area contributed by atoms with Crippen molar-refractivity contribution in [3.05, 3.63) is 198 Å². The van der Waals surface area contributed by atoms with Gasteiger partial charge in [-0.3, -0.25) is 9.55 Å². The lowest BCUT2D eigenvalue weighted by Crippen LogP contribution is -2.30. The van der Waals surface area contributed by atoms with E-state index in [9.17, 15) is 0 Å². The molecule has 0 fully saturated rings. The number of thiophene rings is 1. The van der Waals surface area contributed by atoms with Crippen LogP contribution in [0.15, 0.2) is 164 Å². The summed E-state index contributed by atoms with van der Waals surface area (Å²) in [4.78, 5) is 9.22. The second-order valence-electron chi connectivity index (χ2n) is 14.1. The standard InChI is InChI=1S/C49H29N3S/c1-4-12-39-30(9-1)16-17-31-18-19-33(32-20-23-43-38(27-32)34-24-26-50-29-44(34)52(43)46-15-7-8-25-51-46)28-42(31)49(39)40-13-5-2-11-37(40)47-41(49)22-21-36-35-10-3-6-14-45(35)53-48(36)47/h1-29H.